The highest BCUT2D eigenvalue weighted by molar-refractivity contribution is 5.49. The normalized spacial score (nSPS) is 11.7. The Morgan fingerprint density at radius 2 is 2.10 bits per heavy atom. The van der Waals surface area contributed by atoms with Crippen molar-refractivity contribution in [2.45, 2.75) is 32.9 Å². The standard InChI is InChI=1S/C16H27FN2O2/c1-5-19(12-16(2,3)20)15-7-6-13(10-14(15)17)11-18-8-9-21-4/h6-7,10,18,20H,5,8-9,11-12H2,1-4H3. The summed E-state index contributed by atoms with van der Waals surface area (Å²) in [4.78, 5) is 1.84. The van der Waals surface area contributed by atoms with Crippen LogP contribution < -0.4 is 10.2 Å². The zero-order valence-electron chi connectivity index (χ0n) is 13.4. The lowest BCUT2D eigenvalue weighted by Crippen LogP contribution is -2.39. The van der Waals surface area contributed by atoms with Crippen LogP contribution in [0.4, 0.5) is 10.1 Å². The number of nitrogens with zero attached hydrogens (tertiary/aromatic N) is 1. The maximum Gasteiger partial charge on any atom is 0.146 e. The molecule has 0 bridgehead atoms. The third kappa shape index (κ3) is 6.42. The average molecular weight is 298 g/mol. The lowest BCUT2D eigenvalue weighted by Gasteiger charge is -2.30. The molecule has 5 heteroatoms. The highest BCUT2D eigenvalue weighted by atomic mass is 19.1. The topological polar surface area (TPSA) is 44.7 Å². The van der Waals surface area contributed by atoms with Gasteiger partial charge in [0.1, 0.15) is 5.82 Å². The fourth-order valence-electron chi connectivity index (χ4n) is 2.16. The first kappa shape index (κ1) is 17.9. The first-order valence-corrected chi connectivity index (χ1v) is 7.32. The van der Waals surface area contributed by atoms with Crippen molar-refractivity contribution < 1.29 is 14.2 Å². The Hall–Kier alpha value is -1.17. The molecule has 0 aliphatic rings. The van der Waals surface area contributed by atoms with E-state index in [0.29, 0.717) is 31.9 Å². The Balaban J connectivity index is 2.72. The average Bonchev–Trinajstić information content (AvgIpc) is 2.40. The second-order valence-electron chi connectivity index (χ2n) is 5.78. The van der Waals surface area contributed by atoms with Gasteiger partial charge in [0.25, 0.3) is 0 Å². The summed E-state index contributed by atoms with van der Waals surface area (Å²) in [6.45, 7) is 8.42. The molecule has 1 aromatic carbocycles. The molecule has 0 atom stereocenters. The van der Waals surface area contributed by atoms with Crippen molar-refractivity contribution in [2.75, 3.05) is 38.3 Å². The number of aliphatic hydroxyl groups is 1. The lowest BCUT2D eigenvalue weighted by atomic mass is 10.1. The first-order valence-electron chi connectivity index (χ1n) is 7.32. The van der Waals surface area contributed by atoms with Gasteiger partial charge < -0.3 is 20.1 Å². The van der Waals surface area contributed by atoms with E-state index >= 15 is 0 Å². The van der Waals surface area contributed by atoms with Gasteiger partial charge in [-0.15, -0.1) is 0 Å². The van der Waals surface area contributed by atoms with Gasteiger partial charge in [0.2, 0.25) is 0 Å². The largest absolute Gasteiger partial charge is 0.389 e. The van der Waals surface area contributed by atoms with Crippen LogP contribution in [-0.2, 0) is 11.3 Å². The SMILES string of the molecule is CCN(CC(C)(C)O)c1ccc(CNCCOC)cc1F. The number of ether oxygens (including phenoxy) is 1. The first-order chi connectivity index (χ1) is 9.87. The van der Waals surface area contributed by atoms with E-state index in [1.807, 2.05) is 17.9 Å². The molecule has 0 aliphatic heterocycles. The molecule has 2 N–H and O–H groups in total. The van der Waals surface area contributed by atoms with E-state index in [0.717, 1.165) is 12.1 Å². The fraction of sp³-hybridized carbons (Fsp3) is 0.625. The molecule has 0 aromatic heterocycles. The number of anilines is 1. The number of likely N-dealkylation sites (N-methyl/N-ethyl adjacent to an activating group) is 1. The van der Waals surface area contributed by atoms with Crippen molar-refractivity contribution >= 4 is 5.69 Å². The summed E-state index contributed by atoms with van der Waals surface area (Å²) in [5.41, 5.74) is 0.565. The third-order valence-corrected chi connectivity index (χ3v) is 3.12. The van der Waals surface area contributed by atoms with Gasteiger partial charge in [0.05, 0.1) is 17.9 Å². The number of hydrogen-bond acceptors (Lipinski definition) is 4. The summed E-state index contributed by atoms with van der Waals surface area (Å²) in [7, 11) is 1.65. The molecule has 0 saturated carbocycles. The molecule has 1 aromatic rings. The van der Waals surface area contributed by atoms with Crippen LogP contribution in [0.5, 0.6) is 0 Å². The summed E-state index contributed by atoms with van der Waals surface area (Å²) < 4.78 is 19.2. The van der Waals surface area contributed by atoms with Crippen LogP contribution in [0.25, 0.3) is 0 Å². The molecule has 0 heterocycles. The molecular weight excluding hydrogens is 271 g/mol. The molecule has 4 nitrogen and oxygen atoms in total. The molecule has 21 heavy (non-hydrogen) atoms. The van der Waals surface area contributed by atoms with Crippen LogP contribution in [-0.4, -0.2) is 44.1 Å². The second kappa shape index (κ2) is 8.32. The molecule has 0 spiro atoms. The van der Waals surface area contributed by atoms with E-state index in [1.165, 1.54) is 0 Å². The Morgan fingerprint density at radius 3 is 2.62 bits per heavy atom. The molecule has 0 unspecified atom stereocenters. The van der Waals surface area contributed by atoms with Crippen molar-refractivity contribution in [1.82, 2.24) is 5.32 Å². The van der Waals surface area contributed by atoms with Crippen molar-refractivity contribution in [3.05, 3.63) is 29.6 Å². The summed E-state index contributed by atoms with van der Waals surface area (Å²) in [6, 6.07) is 5.23. The molecule has 0 saturated heterocycles. The van der Waals surface area contributed by atoms with Crippen LogP contribution in [0.3, 0.4) is 0 Å². The van der Waals surface area contributed by atoms with E-state index in [1.54, 1.807) is 33.1 Å². The zero-order chi connectivity index (χ0) is 15.9. The summed E-state index contributed by atoms with van der Waals surface area (Å²) in [5.74, 6) is -0.257. The van der Waals surface area contributed by atoms with Crippen LogP contribution in [0.2, 0.25) is 0 Å². The molecule has 0 fully saturated rings. The number of hydrogen-bond donors (Lipinski definition) is 2. The van der Waals surface area contributed by atoms with Crippen LogP contribution in [0.1, 0.15) is 26.3 Å². The smallest absolute Gasteiger partial charge is 0.146 e. The van der Waals surface area contributed by atoms with Gasteiger partial charge in [-0.3, -0.25) is 0 Å². The second-order valence-corrected chi connectivity index (χ2v) is 5.78. The van der Waals surface area contributed by atoms with E-state index in [9.17, 15) is 9.50 Å². The van der Waals surface area contributed by atoms with Crippen molar-refractivity contribution in [2.24, 2.45) is 0 Å². The van der Waals surface area contributed by atoms with Crippen LogP contribution >= 0.6 is 0 Å². The highest BCUT2D eigenvalue weighted by Crippen LogP contribution is 2.22. The van der Waals surface area contributed by atoms with Crippen LogP contribution in [0.15, 0.2) is 18.2 Å². The maximum absolute atomic E-state index is 14.3. The van der Waals surface area contributed by atoms with Gasteiger partial charge in [-0.2, -0.15) is 0 Å². The number of methoxy groups -OCH3 is 1. The zero-order valence-corrected chi connectivity index (χ0v) is 13.4. The van der Waals surface area contributed by atoms with Gasteiger partial charge in [-0.25, -0.2) is 4.39 Å². The quantitative estimate of drug-likeness (QED) is 0.686. The minimum absolute atomic E-state index is 0.257. The van der Waals surface area contributed by atoms with E-state index in [-0.39, 0.29) is 5.82 Å². The molecule has 120 valence electrons. The van der Waals surface area contributed by atoms with E-state index < -0.39 is 5.60 Å². The minimum atomic E-state index is -0.858. The van der Waals surface area contributed by atoms with Gasteiger partial charge >= 0.3 is 0 Å². The molecular formula is C16H27FN2O2. The number of halogens is 1. The van der Waals surface area contributed by atoms with E-state index in [2.05, 4.69) is 5.32 Å². The van der Waals surface area contributed by atoms with Gasteiger partial charge in [-0.05, 0) is 38.5 Å². The minimum Gasteiger partial charge on any atom is -0.389 e. The fourth-order valence-corrected chi connectivity index (χ4v) is 2.16. The Kier molecular flexibility index (Phi) is 7.08. The highest BCUT2D eigenvalue weighted by Gasteiger charge is 2.19. The molecule has 0 aliphatic carbocycles. The number of benzene rings is 1. The van der Waals surface area contributed by atoms with Crippen molar-refractivity contribution in [3.63, 3.8) is 0 Å². The third-order valence-electron chi connectivity index (χ3n) is 3.12. The van der Waals surface area contributed by atoms with Crippen molar-refractivity contribution in [1.29, 1.82) is 0 Å². The van der Waals surface area contributed by atoms with Gasteiger partial charge in [0.15, 0.2) is 0 Å². The predicted octanol–water partition coefficient (Wildman–Crippen LogP) is 2.16. The lowest BCUT2D eigenvalue weighted by molar-refractivity contribution is 0.0874. The Bertz CT molecular complexity index is 433. The summed E-state index contributed by atoms with van der Waals surface area (Å²) in [6.07, 6.45) is 0. The maximum atomic E-state index is 14.3. The molecule has 0 radical (unpaired) electrons. The Morgan fingerprint density at radius 1 is 1.38 bits per heavy atom. The summed E-state index contributed by atoms with van der Waals surface area (Å²) >= 11 is 0. The number of rotatable bonds is 9. The number of nitrogens with one attached hydrogen (secondary N) is 1. The van der Waals surface area contributed by atoms with Crippen LogP contribution in [0, 0.1) is 5.82 Å². The van der Waals surface area contributed by atoms with Crippen molar-refractivity contribution in [3.8, 4) is 0 Å². The van der Waals surface area contributed by atoms with Gasteiger partial charge in [-0.1, -0.05) is 6.07 Å². The summed E-state index contributed by atoms with van der Waals surface area (Å²) in [5, 5.41) is 13.1. The molecule has 0 amide bonds. The molecule has 1 rings (SSSR count). The monoisotopic (exact) mass is 298 g/mol. The predicted molar refractivity (Wildman–Crippen MR) is 84.2 cm³/mol. The van der Waals surface area contributed by atoms with Gasteiger partial charge in [0, 0.05) is 33.3 Å². The Labute approximate surface area is 126 Å². The van der Waals surface area contributed by atoms with E-state index in [4.69, 9.17) is 4.74 Å².